The van der Waals surface area contributed by atoms with Crippen molar-refractivity contribution < 1.29 is 9.47 Å². The van der Waals surface area contributed by atoms with E-state index in [1.165, 1.54) is 5.56 Å². The van der Waals surface area contributed by atoms with Crippen molar-refractivity contribution in [2.24, 2.45) is 7.05 Å². The largest absolute Gasteiger partial charge is 0.454 e. The minimum Gasteiger partial charge on any atom is -0.454 e. The number of nitrogens with one attached hydrogen (secondary N) is 1. The first-order valence-corrected chi connectivity index (χ1v) is 6.78. The Morgan fingerprint density at radius 3 is 2.84 bits per heavy atom. The average Bonchev–Trinajstić information content (AvgIpc) is 2.98. The molecule has 0 saturated heterocycles. The van der Waals surface area contributed by atoms with Crippen molar-refractivity contribution in [1.29, 1.82) is 0 Å². The SMILES string of the molecule is Cn1cc(CNCc2cc3c(cc2Br)OCO3)cn1. The average molecular weight is 324 g/mol. The number of aryl methyl sites for hydroxylation is 1. The zero-order chi connectivity index (χ0) is 13.2. The van der Waals surface area contributed by atoms with E-state index in [0.717, 1.165) is 34.6 Å². The summed E-state index contributed by atoms with van der Waals surface area (Å²) in [6, 6.07) is 3.95. The number of ether oxygens (including phenoxy) is 2. The van der Waals surface area contributed by atoms with Gasteiger partial charge in [0.05, 0.1) is 6.20 Å². The molecular formula is C13H14BrN3O2. The third-order valence-corrected chi connectivity index (χ3v) is 3.68. The minimum atomic E-state index is 0.300. The number of fused-ring (bicyclic) bond motifs is 1. The fourth-order valence-corrected chi connectivity index (χ4v) is 2.46. The van der Waals surface area contributed by atoms with E-state index in [4.69, 9.17) is 9.47 Å². The van der Waals surface area contributed by atoms with Crippen LogP contribution in [0, 0.1) is 0 Å². The van der Waals surface area contributed by atoms with Crippen LogP contribution in [0.3, 0.4) is 0 Å². The van der Waals surface area contributed by atoms with E-state index in [9.17, 15) is 0 Å². The molecule has 19 heavy (non-hydrogen) atoms. The van der Waals surface area contributed by atoms with Crippen molar-refractivity contribution in [1.82, 2.24) is 15.1 Å². The van der Waals surface area contributed by atoms with Gasteiger partial charge in [-0.3, -0.25) is 4.68 Å². The van der Waals surface area contributed by atoms with Gasteiger partial charge in [0, 0.05) is 36.4 Å². The van der Waals surface area contributed by atoms with E-state index in [2.05, 4.69) is 26.3 Å². The first kappa shape index (κ1) is 12.5. The van der Waals surface area contributed by atoms with Crippen molar-refractivity contribution in [2.75, 3.05) is 6.79 Å². The summed E-state index contributed by atoms with van der Waals surface area (Å²) in [5.41, 5.74) is 2.31. The predicted molar refractivity (Wildman–Crippen MR) is 74.0 cm³/mol. The summed E-state index contributed by atoms with van der Waals surface area (Å²) in [6.45, 7) is 1.84. The quantitative estimate of drug-likeness (QED) is 0.937. The Morgan fingerprint density at radius 2 is 2.11 bits per heavy atom. The summed E-state index contributed by atoms with van der Waals surface area (Å²) in [7, 11) is 1.91. The molecule has 1 aromatic carbocycles. The van der Waals surface area contributed by atoms with E-state index in [-0.39, 0.29) is 0 Å². The molecule has 0 amide bonds. The van der Waals surface area contributed by atoms with Gasteiger partial charge in [-0.2, -0.15) is 5.10 Å². The Labute approximate surface area is 119 Å². The molecule has 100 valence electrons. The van der Waals surface area contributed by atoms with E-state index < -0.39 is 0 Å². The molecule has 1 aromatic heterocycles. The fraction of sp³-hybridized carbons (Fsp3) is 0.308. The van der Waals surface area contributed by atoms with Crippen LogP contribution in [0.15, 0.2) is 29.0 Å². The number of rotatable bonds is 4. The maximum Gasteiger partial charge on any atom is 0.231 e. The molecule has 3 rings (SSSR count). The van der Waals surface area contributed by atoms with Crippen molar-refractivity contribution in [2.45, 2.75) is 13.1 Å². The van der Waals surface area contributed by atoms with Crippen molar-refractivity contribution in [3.8, 4) is 11.5 Å². The second-order valence-electron chi connectivity index (χ2n) is 4.42. The molecule has 1 aliphatic heterocycles. The van der Waals surface area contributed by atoms with Gasteiger partial charge in [0.25, 0.3) is 0 Å². The molecule has 0 atom stereocenters. The molecule has 5 nitrogen and oxygen atoms in total. The Bertz CT molecular complexity index is 598. The lowest BCUT2D eigenvalue weighted by molar-refractivity contribution is 0.174. The summed E-state index contributed by atoms with van der Waals surface area (Å²) in [5.74, 6) is 1.60. The molecule has 2 heterocycles. The highest BCUT2D eigenvalue weighted by molar-refractivity contribution is 9.10. The fourth-order valence-electron chi connectivity index (χ4n) is 2.00. The van der Waals surface area contributed by atoms with E-state index in [1.54, 1.807) is 4.68 Å². The predicted octanol–water partition coefficient (Wildman–Crippen LogP) is 2.20. The highest BCUT2D eigenvalue weighted by Crippen LogP contribution is 2.36. The lowest BCUT2D eigenvalue weighted by Gasteiger charge is -2.07. The van der Waals surface area contributed by atoms with Gasteiger partial charge in [-0.25, -0.2) is 0 Å². The van der Waals surface area contributed by atoms with Gasteiger partial charge in [-0.15, -0.1) is 0 Å². The van der Waals surface area contributed by atoms with Gasteiger partial charge in [-0.05, 0) is 17.7 Å². The number of aromatic nitrogens is 2. The van der Waals surface area contributed by atoms with Crippen LogP contribution in [-0.4, -0.2) is 16.6 Å². The molecule has 0 spiro atoms. The highest BCUT2D eigenvalue weighted by atomic mass is 79.9. The molecule has 0 saturated carbocycles. The van der Waals surface area contributed by atoms with Crippen LogP contribution in [0.2, 0.25) is 0 Å². The number of benzene rings is 1. The number of hydrogen-bond acceptors (Lipinski definition) is 4. The first-order valence-electron chi connectivity index (χ1n) is 5.98. The van der Waals surface area contributed by atoms with E-state index in [0.29, 0.717) is 6.79 Å². The summed E-state index contributed by atoms with van der Waals surface area (Å²) in [4.78, 5) is 0. The molecule has 0 aliphatic carbocycles. The lowest BCUT2D eigenvalue weighted by atomic mass is 10.2. The molecule has 0 radical (unpaired) electrons. The number of nitrogens with zero attached hydrogens (tertiary/aromatic N) is 2. The monoisotopic (exact) mass is 323 g/mol. The van der Waals surface area contributed by atoms with Crippen molar-refractivity contribution in [3.63, 3.8) is 0 Å². The Kier molecular flexibility index (Phi) is 3.44. The van der Waals surface area contributed by atoms with Crippen LogP contribution in [-0.2, 0) is 20.1 Å². The van der Waals surface area contributed by atoms with Crippen LogP contribution >= 0.6 is 15.9 Å². The maximum absolute atomic E-state index is 5.38. The minimum absolute atomic E-state index is 0.300. The maximum atomic E-state index is 5.38. The Hall–Kier alpha value is -1.53. The van der Waals surface area contributed by atoms with Crippen LogP contribution < -0.4 is 14.8 Å². The first-order chi connectivity index (χ1) is 9.22. The highest BCUT2D eigenvalue weighted by Gasteiger charge is 2.15. The molecule has 0 bridgehead atoms. The summed E-state index contributed by atoms with van der Waals surface area (Å²) >= 11 is 3.55. The zero-order valence-corrected chi connectivity index (χ0v) is 12.1. The summed E-state index contributed by atoms with van der Waals surface area (Å²) in [6.07, 6.45) is 3.86. The zero-order valence-electron chi connectivity index (χ0n) is 10.5. The van der Waals surface area contributed by atoms with Crippen molar-refractivity contribution >= 4 is 15.9 Å². The lowest BCUT2D eigenvalue weighted by Crippen LogP contribution is -2.12. The molecular weight excluding hydrogens is 310 g/mol. The number of hydrogen-bond donors (Lipinski definition) is 1. The summed E-state index contributed by atoms with van der Waals surface area (Å²) in [5, 5.41) is 7.52. The summed E-state index contributed by atoms with van der Waals surface area (Å²) < 4.78 is 13.5. The van der Waals surface area contributed by atoms with Gasteiger partial charge >= 0.3 is 0 Å². The normalized spacial score (nSPS) is 12.9. The smallest absolute Gasteiger partial charge is 0.231 e. The van der Waals surface area contributed by atoms with Gasteiger partial charge in [0.15, 0.2) is 11.5 Å². The molecule has 1 N–H and O–H groups in total. The molecule has 2 aromatic rings. The Morgan fingerprint density at radius 1 is 1.32 bits per heavy atom. The molecule has 1 aliphatic rings. The van der Waals surface area contributed by atoms with E-state index >= 15 is 0 Å². The second kappa shape index (κ2) is 5.22. The van der Waals surface area contributed by atoms with Crippen LogP contribution in [0.4, 0.5) is 0 Å². The van der Waals surface area contributed by atoms with Gasteiger partial charge in [0.1, 0.15) is 0 Å². The van der Waals surface area contributed by atoms with Crippen LogP contribution in [0.5, 0.6) is 11.5 Å². The third-order valence-electron chi connectivity index (χ3n) is 2.94. The van der Waals surface area contributed by atoms with Gasteiger partial charge < -0.3 is 14.8 Å². The molecule has 0 unspecified atom stereocenters. The topological polar surface area (TPSA) is 48.3 Å². The third kappa shape index (κ3) is 2.74. The Balaban J connectivity index is 1.64. The molecule has 0 fully saturated rings. The van der Waals surface area contributed by atoms with Gasteiger partial charge in [0.2, 0.25) is 6.79 Å². The second-order valence-corrected chi connectivity index (χ2v) is 5.28. The van der Waals surface area contributed by atoms with Gasteiger partial charge in [-0.1, -0.05) is 15.9 Å². The number of halogens is 1. The van der Waals surface area contributed by atoms with E-state index in [1.807, 2.05) is 31.6 Å². The van der Waals surface area contributed by atoms with Crippen LogP contribution in [0.25, 0.3) is 0 Å². The standard InChI is InChI=1S/C13H14BrN3O2/c1-17-7-9(5-16-17)4-15-6-10-2-12-13(3-11(10)14)19-8-18-12/h2-3,5,7,15H,4,6,8H2,1H3. The molecule has 6 heteroatoms. The van der Waals surface area contributed by atoms with Crippen molar-refractivity contribution in [3.05, 3.63) is 40.1 Å². The van der Waals surface area contributed by atoms with Crippen LogP contribution in [0.1, 0.15) is 11.1 Å².